The highest BCUT2D eigenvalue weighted by atomic mass is 32.2. The van der Waals surface area contributed by atoms with Crippen LogP contribution >= 0.6 is 0 Å². The lowest BCUT2D eigenvalue weighted by molar-refractivity contribution is -0.135. The molecular formula is C31H33N7O3S. The van der Waals surface area contributed by atoms with Gasteiger partial charge >= 0.3 is 5.97 Å². The minimum Gasteiger partial charge on any atom is -0.480 e. The molecule has 2 aromatic heterocycles. The maximum atomic E-state index is 12.8. The van der Waals surface area contributed by atoms with E-state index < -0.39 is 16.8 Å². The number of nitrogens with zero attached hydrogens (tertiary/aromatic N) is 6. The SMILES string of the molecule is CCCCc1nc2ccc(S(=O)CCC)cc2c(=NCC(=O)O)n1Cc1ccc(-c2ccccc2-c2nn[nH]n2)cc1. The topological polar surface area (TPSA) is 139 Å². The number of aromatic amines is 1. The molecule has 0 saturated carbocycles. The molecule has 0 amide bonds. The Balaban J connectivity index is 1.60. The molecule has 216 valence electrons. The van der Waals surface area contributed by atoms with Crippen molar-refractivity contribution >= 4 is 27.7 Å². The van der Waals surface area contributed by atoms with E-state index in [1.165, 1.54) is 0 Å². The van der Waals surface area contributed by atoms with E-state index in [0.29, 0.717) is 39.4 Å². The van der Waals surface area contributed by atoms with Gasteiger partial charge in [0.05, 0.1) is 22.9 Å². The first kappa shape index (κ1) is 29.0. The second kappa shape index (κ2) is 13.4. The smallest absolute Gasteiger partial charge is 0.325 e. The average molecular weight is 584 g/mol. The highest BCUT2D eigenvalue weighted by Gasteiger charge is 2.15. The Morgan fingerprint density at radius 1 is 1.02 bits per heavy atom. The number of tetrazole rings is 1. The van der Waals surface area contributed by atoms with E-state index in [1.54, 1.807) is 0 Å². The van der Waals surface area contributed by atoms with Gasteiger partial charge < -0.3 is 9.67 Å². The number of aromatic nitrogens is 6. The number of hydrogen-bond acceptors (Lipinski definition) is 7. The van der Waals surface area contributed by atoms with Gasteiger partial charge in [0.2, 0.25) is 5.82 Å². The molecule has 5 rings (SSSR count). The fraction of sp³-hybridized carbons (Fsp3) is 0.290. The number of aliphatic carboxylic acids is 1. The predicted molar refractivity (Wildman–Crippen MR) is 162 cm³/mol. The molecule has 3 aromatic carbocycles. The van der Waals surface area contributed by atoms with Crippen LogP contribution in [0.4, 0.5) is 0 Å². The lowest BCUT2D eigenvalue weighted by atomic mass is 9.98. The number of rotatable bonds is 12. The summed E-state index contributed by atoms with van der Waals surface area (Å²) in [6, 6.07) is 21.7. The number of benzene rings is 3. The molecule has 1 unspecified atom stereocenters. The van der Waals surface area contributed by atoms with Crippen molar-refractivity contribution in [1.82, 2.24) is 30.2 Å². The van der Waals surface area contributed by atoms with E-state index in [1.807, 2.05) is 54.0 Å². The molecule has 2 heterocycles. The van der Waals surface area contributed by atoms with E-state index in [-0.39, 0.29) is 6.54 Å². The highest BCUT2D eigenvalue weighted by Crippen LogP contribution is 2.30. The number of fused-ring (bicyclic) bond motifs is 1. The van der Waals surface area contributed by atoms with Crippen molar-refractivity contribution in [3.05, 3.63) is 83.6 Å². The van der Waals surface area contributed by atoms with E-state index in [4.69, 9.17) is 4.98 Å². The molecular weight excluding hydrogens is 550 g/mol. The Kier molecular flexibility index (Phi) is 9.28. The van der Waals surface area contributed by atoms with Gasteiger partial charge in [-0.1, -0.05) is 68.8 Å². The van der Waals surface area contributed by atoms with Crippen LogP contribution in [0.2, 0.25) is 0 Å². The first-order valence-corrected chi connectivity index (χ1v) is 15.4. The van der Waals surface area contributed by atoms with Crippen molar-refractivity contribution in [3.8, 4) is 22.5 Å². The molecule has 0 aliphatic heterocycles. The van der Waals surface area contributed by atoms with Crippen molar-refractivity contribution in [3.63, 3.8) is 0 Å². The third-order valence-electron chi connectivity index (χ3n) is 6.92. The van der Waals surface area contributed by atoms with E-state index >= 15 is 0 Å². The number of nitrogens with one attached hydrogen (secondary N) is 1. The minimum absolute atomic E-state index is 0.375. The summed E-state index contributed by atoms with van der Waals surface area (Å²) in [5.74, 6) is 0.897. The fourth-order valence-electron chi connectivity index (χ4n) is 4.89. The number of carbonyl (C=O) groups is 1. The van der Waals surface area contributed by atoms with Crippen LogP contribution in [0.1, 0.15) is 44.5 Å². The molecule has 5 aromatic rings. The molecule has 2 N–H and O–H groups in total. The lowest BCUT2D eigenvalue weighted by Gasteiger charge is -2.17. The number of aryl methyl sites for hydroxylation is 1. The average Bonchev–Trinajstić information content (AvgIpc) is 3.55. The summed E-state index contributed by atoms with van der Waals surface area (Å²) in [4.78, 5) is 21.8. The summed E-state index contributed by atoms with van der Waals surface area (Å²) in [5.41, 5.74) is 5.13. The molecule has 10 nitrogen and oxygen atoms in total. The van der Waals surface area contributed by atoms with Gasteiger partial charge in [0.25, 0.3) is 0 Å². The zero-order valence-electron chi connectivity index (χ0n) is 23.7. The van der Waals surface area contributed by atoms with Crippen LogP contribution in [0.15, 0.2) is 76.6 Å². The summed E-state index contributed by atoms with van der Waals surface area (Å²) >= 11 is 0. The Morgan fingerprint density at radius 3 is 2.50 bits per heavy atom. The minimum atomic E-state index is -1.16. The Morgan fingerprint density at radius 2 is 1.81 bits per heavy atom. The Bertz CT molecular complexity index is 1780. The van der Waals surface area contributed by atoms with E-state index in [9.17, 15) is 14.1 Å². The van der Waals surface area contributed by atoms with Crippen molar-refractivity contribution in [2.24, 2.45) is 4.99 Å². The van der Waals surface area contributed by atoms with Crippen LogP contribution in [0.3, 0.4) is 0 Å². The van der Waals surface area contributed by atoms with Crippen LogP contribution < -0.4 is 5.49 Å². The van der Waals surface area contributed by atoms with Crippen molar-refractivity contribution in [1.29, 1.82) is 0 Å². The second-order valence-electron chi connectivity index (χ2n) is 9.96. The summed E-state index contributed by atoms with van der Waals surface area (Å²) in [6.07, 6.45) is 3.44. The number of H-pyrrole nitrogens is 1. The number of hydrogen-bond donors (Lipinski definition) is 2. The van der Waals surface area contributed by atoms with Gasteiger partial charge in [-0.2, -0.15) is 5.21 Å². The quantitative estimate of drug-likeness (QED) is 0.216. The van der Waals surface area contributed by atoms with Crippen LogP contribution in [0.25, 0.3) is 33.4 Å². The molecule has 0 aliphatic rings. The van der Waals surface area contributed by atoms with Crippen LogP contribution in [-0.4, -0.2) is 57.8 Å². The summed E-state index contributed by atoms with van der Waals surface area (Å²) in [6.45, 7) is 4.20. The second-order valence-corrected chi connectivity index (χ2v) is 11.5. The molecule has 0 spiro atoms. The Hall–Kier alpha value is -4.51. The Labute approximate surface area is 246 Å². The third-order valence-corrected chi connectivity index (χ3v) is 8.47. The largest absolute Gasteiger partial charge is 0.480 e. The highest BCUT2D eigenvalue weighted by molar-refractivity contribution is 7.85. The standard InChI is InChI=1S/C31H33N7O3S/c1-3-5-10-28-33-27-16-15-23(42(41)17-4-2)18-26(27)31(32-19-29(39)40)38(28)20-21-11-13-22(14-12-21)24-8-6-7-9-25(24)30-34-36-37-35-30/h6-9,11-16,18H,3-5,10,17,19-20H2,1-2H3,(H,39,40)(H,34,35,36,37). The van der Waals surface area contributed by atoms with Crippen molar-refractivity contribution < 1.29 is 14.1 Å². The summed E-state index contributed by atoms with van der Waals surface area (Å²) in [5, 5.41) is 24.7. The summed E-state index contributed by atoms with van der Waals surface area (Å²) in [7, 11) is -1.16. The lowest BCUT2D eigenvalue weighted by Crippen LogP contribution is -2.28. The first-order chi connectivity index (χ1) is 20.5. The number of carboxylic acids is 1. The molecule has 0 fully saturated rings. The normalized spacial score (nSPS) is 12.6. The zero-order chi connectivity index (χ0) is 29.5. The number of carboxylic acid groups (broad SMARTS) is 1. The monoisotopic (exact) mass is 583 g/mol. The van der Waals surface area contributed by atoms with E-state index in [2.05, 4.69) is 56.8 Å². The maximum Gasteiger partial charge on any atom is 0.325 e. The first-order valence-electron chi connectivity index (χ1n) is 14.0. The van der Waals surface area contributed by atoms with Gasteiger partial charge in [0.1, 0.15) is 17.9 Å². The molecule has 0 aliphatic carbocycles. The number of unbranched alkanes of at least 4 members (excludes halogenated alkanes) is 1. The molecule has 1 atom stereocenters. The van der Waals surface area contributed by atoms with Gasteiger partial charge in [-0.3, -0.25) is 14.0 Å². The maximum absolute atomic E-state index is 12.8. The van der Waals surface area contributed by atoms with Crippen LogP contribution in [0, 0.1) is 0 Å². The third kappa shape index (κ3) is 6.52. The predicted octanol–water partition coefficient (Wildman–Crippen LogP) is 4.78. The zero-order valence-corrected chi connectivity index (χ0v) is 24.5. The molecule has 0 radical (unpaired) electrons. The van der Waals surface area contributed by atoms with Crippen molar-refractivity contribution in [2.45, 2.75) is 51.0 Å². The molecule has 11 heteroatoms. The van der Waals surface area contributed by atoms with Gasteiger partial charge in [-0.05, 0) is 52.9 Å². The molecule has 0 bridgehead atoms. The van der Waals surface area contributed by atoms with Gasteiger partial charge in [-0.25, -0.2) is 4.98 Å². The summed E-state index contributed by atoms with van der Waals surface area (Å²) < 4.78 is 14.9. The van der Waals surface area contributed by atoms with Crippen LogP contribution in [0.5, 0.6) is 0 Å². The van der Waals surface area contributed by atoms with Gasteiger partial charge in [0, 0.05) is 28.0 Å². The van der Waals surface area contributed by atoms with E-state index in [0.717, 1.165) is 53.8 Å². The molecule has 42 heavy (non-hydrogen) atoms. The molecule has 0 saturated heterocycles. The van der Waals surface area contributed by atoms with Gasteiger partial charge in [-0.15, -0.1) is 10.2 Å². The fourth-order valence-corrected chi connectivity index (χ4v) is 5.96. The van der Waals surface area contributed by atoms with Crippen molar-refractivity contribution in [2.75, 3.05) is 12.3 Å². The van der Waals surface area contributed by atoms with Crippen LogP contribution in [-0.2, 0) is 28.6 Å². The van der Waals surface area contributed by atoms with Gasteiger partial charge in [0.15, 0.2) is 0 Å².